The number of carbonyl (C=O) groups is 1. The molecule has 1 amide bonds. The van der Waals surface area contributed by atoms with Crippen LogP contribution in [0, 0.1) is 11.3 Å². The van der Waals surface area contributed by atoms with Gasteiger partial charge in [-0.25, -0.2) is 4.39 Å². The van der Waals surface area contributed by atoms with Gasteiger partial charge >= 0.3 is 0 Å². The molecule has 0 radical (unpaired) electrons. The zero-order valence-corrected chi connectivity index (χ0v) is 17.8. The number of piperidine rings is 1. The molecule has 31 heavy (non-hydrogen) atoms. The predicted octanol–water partition coefficient (Wildman–Crippen LogP) is 1.65. The summed E-state index contributed by atoms with van der Waals surface area (Å²) in [5, 5.41) is 12.1. The molecule has 2 saturated heterocycles. The monoisotopic (exact) mass is 426 g/mol. The Hall–Kier alpha value is -2.83. The lowest BCUT2D eigenvalue weighted by Crippen LogP contribution is -2.55. The number of benzene rings is 1. The van der Waals surface area contributed by atoms with Crippen molar-refractivity contribution in [2.45, 2.75) is 37.6 Å². The fraction of sp³-hybridized carbons (Fsp3) is 0.545. The molecule has 3 heterocycles. The summed E-state index contributed by atoms with van der Waals surface area (Å²) in [5.41, 5.74) is 1.02. The Kier molecular flexibility index (Phi) is 6.03. The molecule has 0 saturated carbocycles. The number of nitriles is 1. The van der Waals surface area contributed by atoms with Crippen molar-refractivity contribution in [1.82, 2.24) is 20.2 Å². The maximum atomic E-state index is 15.0. The molecule has 2 atom stereocenters. The number of rotatable bonds is 4. The van der Waals surface area contributed by atoms with E-state index in [0.717, 1.165) is 5.69 Å². The average molecular weight is 426 g/mol. The van der Waals surface area contributed by atoms with Gasteiger partial charge in [0, 0.05) is 32.0 Å². The largest absolute Gasteiger partial charge is 0.364 e. The highest BCUT2D eigenvalue weighted by Gasteiger charge is 2.36. The number of nitrogens with one attached hydrogen (secondary N) is 1. The number of ether oxygens (including phenoxy) is 1. The molecule has 2 aromatic rings. The minimum atomic E-state index is -1.37. The topological polar surface area (TPSA) is 94.4 Å². The Bertz CT molecular complexity index is 1000. The van der Waals surface area contributed by atoms with Crippen LogP contribution in [0.4, 0.5) is 10.1 Å². The maximum absolute atomic E-state index is 15.0. The van der Waals surface area contributed by atoms with E-state index in [9.17, 15) is 10.1 Å². The number of anilines is 1. The summed E-state index contributed by atoms with van der Waals surface area (Å²) in [6.07, 6.45) is 3.04. The summed E-state index contributed by atoms with van der Waals surface area (Å²) in [6, 6.07) is 5.69. The summed E-state index contributed by atoms with van der Waals surface area (Å²) in [4.78, 5) is 25.7. The minimum absolute atomic E-state index is 0.000807. The number of hydrogen-bond donors (Lipinski definition) is 1. The van der Waals surface area contributed by atoms with E-state index in [-0.39, 0.29) is 18.6 Å². The molecule has 4 rings (SSSR count). The summed E-state index contributed by atoms with van der Waals surface area (Å²) in [7, 11) is 1.97. The first-order chi connectivity index (χ1) is 14.9. The molecule has 0 spiro atoms. The molecule has 1 aromatic carbocycles. The molecule has 2 aliphatic heterocycles. The molecule has 2 unspecified atom stereocenters. The van der Waals surface area contributed by atoms with E-state index in [1.165, 1.54) is 0 Å². The molecule has 0 aliphatic carbocycles. The fourth-order valence-corrected chi connectivity index (χ4v) is 4.24. The first-order valence-corrected chi connectivity index (χ1v) is 10.6. The summed E-state index contributed by atoms with van der Waals surface area (Å²) >= 11 is 0. The number of alkyl halides is 1. The van der Waals surface area contributed by atoms with E-state index in [4.69, 9.17) is 4.74 Å². The van der Waals surface area contributed by atoms with E-state index in [2.05, 4.69) is 26.3 Å². The van der Waals surface area contributed by atoms with Crippen LogP contribution in [-0.2, 0) is 9.53 Å². The van der Waals surface area contributed by atoms with Gasteiger partial charge in [-0.05, 0) is 38.9 Å². The lowest BCUT2D eigenvalue weighted by molar-refractivity contribution is -0.138. The average Bonchev–Trinajstić information content (AvgIpc) is 2.78. The van der Waals surface area contributed by atoms with Crippen molar-refractivity contribution in [2.24, 2.45) is 0 Å². The van der Waals surface area contributed by atoms with Crippen molar-refractivity contribution >= 4 is 22.6 Å². The van der Waals surface area contributed by atoms with Gasteiger partial charge in [-0.1, -0.05) is 0 Å². The number of fused-ring (bicyclic) bond motifs is 1. The predicted molar refractivity (Wildman–Crippen MR) is 114 cm³/mol. The third kappa shape index (κ3) is 4.60. The number of likely N-dealkylation sites (tertiary alicyclic amines) is 1. The van der Waals surface area contributed by atoms with Crippen LogP contribution in [0.15, 0.2) is 24.5 Å². The van der Waals surface area contributed by atoms with Gasteiger partial charge < -0.3 is 19.9 Å². The molecule has 2 fully saturated rings. The van der Waals surface area contributed by atoms with Crippen LogP contribution in [-0.4, -0.2) is 78.4 Å². The van der Waals surface area contributed by atoms with Gasteiger partial charge in [0.2, 0.25) is 0 Å². The fourth-order valence-electron chi connectivity index (χ4n) is 4.24. The van der Waals surface area contributed by atoms with E-state index in [0.29, 0.717) is 55.6 Å². The first kappa shape index (κ1) is 21.4. The molecule has 8 nitrogen and oxygen atoms in total. The standard InChI is InChI=1S/C22H27FN6O2/c1-15-12-29(17-4-3-16(11-24)19-20(17)26-8-7-25-19)13-18(31-15)21(30)27-14-22(23)5-9-28(2)10-6-22/h3-4,7-8,15,18H,5-6,9-10,12-14H2,1-2H3,(H,27,30). The van der Waals surface area contributed by atoms with E-state index in [1.54, 1.807) is 18.5 Å². The molecular weight excluding hydrogens is 399 g/mol. The number of amides is 1. The quantitative estimate of drug-likeness (QED) is 0.794. The van der Waals surface area contributed by atoms with Crippen LogP contribution in [0.25, 0.3) is 11.0 Å². The molecule has 1 N–H and O–H groups in total. The maximum Gasteiger partial charge on any atom is 0.251 e. The van der Waals surface area contributed by atoms with Crippen LogP contribution < -0.4 is 10.2 Å². The van der Waals surface area contributed by atoms with Gasteiger partial charge in [0.1, 0.15) is 22.8 Å². The number of carbonyl (C=O) groups excluding carboxylic acids is 1. The number of hydrogen-bond acceptors (Lipinski definition) is 7. The molecule has 9 heteroatoms. The second-order valence-electron chi connectivity index (χ2n) is 8.51. The van der Waals surface area contributed by atoms with Crippen molar-refractivity contribution in [3.8, 4) is 6.07 Å². The van der Waals surface area contributed by atoms with Crippen LogP contribution in [0.3, 0.4) is 0 Å². The molecule has 164 valence electrons. The Morgan fingerprint density at radius 1 is 1.29 bits per heavy atom. The number of halogens is 1. The zero-order valence-electron chi connectivity index (χ0n) is 17.8. The zero-order chi connectivity index (χ0) is 22.0. The van der Waals surface area contributed by atoms with Gasteiger partial charge in [-0.15, -0.1) is 0 Å². The highest BCUT2D eigenvalue weighted by Crippen LogP contribution is 2.29. The van der Waals surface area contributed by atoms with Gasteiger partial charge in [-0.2, -0.15) is 5.26 Å². The molecule has 2 aliphatic rings. The van der Waals surface area contributed by atoms with Crippen LogP contribution in [0.2, 0.25) is 0 Å². The van der Waals surface area contributed by atoms with Crippen LogP contribution in [0.5, 0.6) is 0 Å². The van der Waals surface area contributed by atoms with Gasteiger partial charge in [-0.3, -0.25) is 14.8 Å². The second kappa shape index (κ2) is 8.73. The van der Waals surface area contributed by atoms with E-state index in [1.807, 2.05) is 24.9 Å². The second-order valence-corrected chi connectivity index (χ2v) is 8.51. The Morgan fingerprint density at radius 2 is 2.00 bits per heavy atom. The highest BCUT2D eigenvalue weighted by molar-refractivity contribution is 5.92. The number of aromatic nitrogens is 2. The SMILES string of the molecule is CC1CN(c2ccc(C#N)c3nccnc23)CC(C(=O)NCC2(F)CCN(C)CC2)O1. The highest BCUT2D eigenvalue weighted by atomic mass is 19.1. The lowest BCUT2D eigenvalue weighted by Gasteiger charge is -2.38. The Labute approximate surface area is 181 Å². The third-order valence-electron chi connectivity index (χ3n) is 6.08. The van der Waals surface area contributed by atoms with Crippen molar-refractivity contribution in [3.63, 3.8) is 0 Å². The van der Waals surface area contributed by atoms with Crippen LogP contribution in [0.1, 0.15) is 25.3 Å². The van der Waals surface area contributed by atoms with Crippen molar-refractivity contribution in [1.29, 1.82) is 5.26 Å². The third-order valence-corrected chi connectivity index (χ3v) is 6.08. The number of nitrogens with zero attached hydrogens (tertiary/aromatic N) is 5. The van der Waals surface area contributed by atoms with E-state index >= 15 is 4.39 Å². The minimum Gasteiger partial charge on any atom is -0.364 e. The van der Waals surface area contributed by atoms with Crippen molar-refractivity contribution in [2.75, 3.05) is 44.7 Å². The normalized spacial score (nSPS) is 24.0. The van der Waals surface area contributed by atoms with Crippen molar-refractivity contribution in [3.05, 3.63) is 30.1 Å². The van der Waals surface area contributed by atoms with Crippen molar-refractivity contribution < 1.29 is 13.9 Å². The molecular formula is C22H27FN6O2. The summed E-state index contributed by atoms with van der Waals surface area (Å²) in [6.45, 7) is 4.15. The number of morpholine rings is 1. The summed E-state index contributed by atoms with van der Waals surface area (Å²) < 4.78 is 20.9. The molecule has 0 bridgehead atoms. The van der Waals surface area contributed by atoms with Gasteiger partial charge in [0.05, 0.1) is 30.4 Å². The van der Waals surface area contributed by atoms with Crippen LogP contribution >= 0.6 is 0 Å². The lowest BCUT2D eigenvalue weighted by atomic mass is 9.93. The first-order valence-electron chi connectivity index (χ1n) is 10.6. The van der Waals surface area contributed by atoms with Gasteiger partial charge in [0.25, 0.3) is 5.91 Å². The van der Waals surface area contributed by atoms with E-state index < -0.39 is 11.8 Å². The smallest absolute Gasteiger partial charge is 0.251 e. The Morgan fingerprint density at radius 3 is 2.71 bits per heavy atom. The molecule has 1 aromatic heterocycles. The van der Waals surface area contributed by atoms with Gasteiger partial charge in [0.15, 0.2) is 6.10 Å². The summed E-state index contributed by atoms with van der Waals surface area (Å²) in [5.74, 6) is -0.309. The Balaban J connectivity index is 1.48.